The van der Waals surface area contributed by atoms with Gasteiger partial charge in [0.15, 0.2) is 11.3 Å². The van der Waals surface area contributed by atoms with E-state index in [4.69, 9.17) is 22.3 Å². The maximum Gasteiger partial charge on any atom is 0.228 e. The van der Waals surface area contributed by atoms with Crippen molar-refractivity contribution in [3.05, 3.63) is 58.3 Å². The third kappa shape index (κ3) is 3.76. The van der Waals surface area contributed by atoms with E-state index >= 15 is 0 Å². The van der Waals surface area contributed by atoms with Gasteiger partial charge in [-0.15, -0.1) is 0 Å². The quantitative estimate of drug-likeness (QED) is 0.390. The molecule has 3 N–H and O–H groups in total. The SMILES string of the molecule is N#Cc1nc(N2CCC3(CC2)Cc2ncccc2[C@H]3N)nc2[nH]nc(Sc3ccnc(C4CC4)c3Cl)c12. The Morgan fingerprint density at radius 1 is 1.16 bits per heavy atom. The smallest absolute Gasteiger partial charge is 0.228 e. The molecule has 11 heteroatoms. The van der Waals surface area contributed by atoms with Crippen LogP contribution in [0.25, 0.3) is 11.0 Å². The molecular weight excluding hydrogens is 506 g/mol. The summed E-state index contributed by atoms with van der Waals surface area (Å²) in [5.41, 5.74) is 10.8. The van der Waals surface area contributed by atoms with Gasteiger partial charge >= 0.3 is 0 Å². The van der Waals surface area contributed by atoms with Crippen LogP contribution in [0.4, 0.5) is 5.95 Å². The Morgan fingerprint density at radius 3 is 2.76 bits per heavy atom. The zero-order valence-corrected chi connectivity index (χ0v) is 21.6. The number of fused-ring (bicyclic) bond motifs is 2. The average Bonchev–Trinajstić information content (AvgIpc) is 3.64. The van der Waals surface area contributed by atoms with Crippen molar-refractivity contribution in [2.45, 2.75) is 54.0 Å². The molecule has 9 nitrogen and oxygen atoms in total. The summed E-state index contributed by atoms with van der Waals surface area (Å²) >= 11 is 8.08. The maximum absolute atomic E-state index is 9.98. The van der Waals surface area contributed by atoms with Gasteiger partial charge in [-0.2, -0.15) is 15.3 Å². The normalized spacial score (nSPS) is 20.4. The molecule has 186 valence electrons. The highest BCUT2D eigenvalue weighted by atomic mass is 35.5. The van der Waals surface area contributed by atoms with Gasteiger partial charge in [-0.3, -0.25) is 15.1 Å². The molecule has 1 spiro atoms. The van der Waals surface area contributed by atoms with E-state index in [0.717, 1.165) is 61.5 Å². The minimum Gasteiger partial charge on any atom is -0.341 e. The molecule has 0 bridgehead atoms. The number of hydrogen-bond donors (Lipinski definition) is 2. The van der Waals surface area contributed by atoms with Gasteiger partial charge in [0.2, 0.25) is 5.95 Å². The molecule has 0 unspecified atom stereocenters. The Balaban J connectivity index is 1.15. The number of halogens is 1. The number of nitrogens with zero attached hydrogens (tertiary/aromatic N) is 7. The van der Waals surface area contributed by atoms with Crippen molar-refractivity contribution in [3.8, 4) is 6.07 Å². The van der Waals surface area contributed by atoms with E-state index in [1.165, 1.54) is 17.3 Å². The van der Waals surface area contributed by atoms with Crippen molar-refractivity contribution in [3.63, 3.8) is 0 Å². The second-order valence-electron chi connectivity index (χ2n) is 10.2. The summed E-state index contributed by atoms with van der Waals surface area (Å²) in [6.45, 7) is 1.54. The molecule has 37 heavy (non-hydrogen) atoms. The van der Waals surface area contributed by atoms with E-state index in [2.05, 4.69) is 42.2 Å². The van der Waals surface area contributed by atoms with E-state index in [1.54, 1.807) is 6.20 Å². The Labute approximate surface area is 222 Å². The van der Waals surface area contributed by atoms with E-state index in [-0.39, 0.29) is 11.5 Å². The first-order valence-electron chi connectivity index (χ1n) is 12.5. The number of pyridine rings is 2. The Bertz CT molecular complexity index is 1570. The molecule has 1 saturated carbocycles. The van der Waals surface area contributed by atoms with Crippen molar-refractivity contribution in [2.75, 3.05) is 18.0 Å². The number of H-pyrrole nitrogens is 1. The Kier molecular flexibility index (Phi) is 5.36. The van der Waals surface area contributed by atoms with E-state index < -0.39 is 0 Å². The van der Waals surface area contributed by atoms with E-state index in [0.29, 0.717) is 38.6 Å². The van der Waals surface area contributed by atoms with Crippen molar-refractivity contribution in [1.82, 2.24) is 30.1 Å². The van der Waals surface area contributed by atoms with E-state index in [9.17, 15) is 5.26 Å². The lowest BCUT2D eigenvalue weighted by atomic mass is 9.73. The average molecular weight is 530 g/mol. The number of hydrogen-bond acceptors (Lipinski definition) is 9. The molecule has 2 fully saturated rings. The lowest BCUT2D eigenvalue weighted by Gasteiger charge is -2.42. The van der Waals surface area contributed by atoms with Crippen LogP contribution in [0.2, 0.25) is 5.02 Å². The van der Waals surface area contributed by atoms with Gasteiger partial charge in [0.1, 0.15) is 11.1 Å². The molecule has 1 atom stereocenters. The second-order valence-corrected chi connectivity index (χ2v) is 11.6. The fourth-order valence-corrected chi connectivity index (χ4v) is 7.05. The number of aromatic nitrogens is 6. The van der Waals surface area contributed by atoms with Gasteiger partial charge in [-0.1, -0.05) is 29.4 Å². The molecular formula is C26H24ClN9S. The van der Waals surface area contributed by atoms with Crippen molar-refractivity contribution < 1.29 is 0 Å². The molecule has 0 aromatic carbocycles. The molecule has 2 aliphatic carbocycles. The fourth-order valence-electron chi connectivity index (χ4n) is 5.75. The summed E-state index contributed by atoms with van der Waals surface area (Å²) in [4.78, 5) is 21.5. The standard InChI is InChI=1S/C26H24ClN9S/c27-20-18(5-9-31-21(20)14-3-4-14)37-24-19-17(13-28)32-25(33-23(19)34-35-24)36-10-6-26(7-11-36)12-16-15(22(26)29)2-1-8-30-16/h1-2,5,8-9,14,22H,3-4,6-7,10-12,29H2,(H,32,33,34,35)/t22-/m1/s1. The topological polar surface area (TPSA) is 133 Å². The molecule has 3 aliphatic rings. The first-order valence-corrected chi connectivity index (χ1v) is 13.7. The lowest BCUT2D eigenvalue weighted by Crippen LogP contribution is -2.45. The molecule has 5 heterocycles. The van der Waals surface area contributed by atoms with Crippen LogP contribution in [-0.4, -0.2) is 43.2 Å². The van der Waals surface area contributed by atoms with Gasteiger partial charge in [-0.25, -0.2) is 4.98 Å². The predicted molar refractivity (Wildman–Crippen MR) is 140 cm³/mol. The number of nitrogens with two attached hydrogens (primary N) is 1. The summed E-state index contributed by atoms with van der Waals surface area (Å²) in [7, 11) is 0. The van der Waals surface area contributed by atoms with Gasteiger partial charge in [0, 0.05) is 48.0 Å². The van der Waals surface area contributed by atoms with Gasteiger partial charge < -0.3 is 10.6 Å². The van der Waals surface area contributed by atoms with Crippen molar-refractivity contribution >= 4 is 40.3 Å². The van der Waals surface area contributed by atoms with Crippen LogP contribution in [0.5, 0.6) is 0 Å². The first-order chi connectivity index (χ1) is 18.1. The minimum absolute atomic E-state index is 0.0101. The minimum atomic E-state index is -0.0101. The summed E-state index contributed by atoms with van der Waals surface area (Å²) in [6.07, 6.45) is 8.61. The van der Waals surface area contributed by atoms with Gasteiger partial charge in [0.25, 0.3) is 0 Å². The summed E-state index contributed by atoms with van der Waals surface area (Å²) in [6, 6.07) is 8.19. The third-order valence-electron chi connectivity index (χ3n) is 8.01. The van der Waals surface area contributed by atoms with Gasteiger partial charge in [0.05, 0.1) is 16.1 Å². The Morgan fingerprint density at radius 2 is 2.00 bits per heavy atom. The van der Waals surface area contributed by atoms with Crippen LogP contribution >= 0.6 is 23.4 Å². The summed E-state index contributed by atoms with van der Waals surface area (Å²) in [5, 5.41) is 19.4. The van der Waals surface area contributed by atoms with Crippen LogP contribution in [-0.2, 0) is 6.42 Å². The first kappa shape index (κ1) is 22.9. The highest BCUT2D eigenvalue weighted by Gasteiger charge is 2.46. The number of nitriles is 1. The molecule has 1 saturated heterocycles. The van der Waals surface area contributed by atoms with Crippen molar-refractivity contribution in [1.29, 1.82) is 5.26 Å². The number of rotatable bonds is 4. The van der Waals surface area contributed by atoms with Crippen LogP contribution in [0.1, 0.15) is 60.3 Å². The predicted octanol–water partition coefficient (Wildman–Crippen LogP) is 4.54. The molecule has 0 amide bonds. The number of piperidine rings is 1. The van der Waals surface area contributed by atoms with Crippen LogP contribution in [0.3, 0.4) is 0 Å². The van der Waals surface area contributed by atoms with E-state index in [1.807, 2.05) is 18.3 Å². The zero-order chi connectivity index (χ0) is 25.1. The van der Waals surface area contributed by atoms with Crippen molar-refractivity contribution in [2.24, 2.45) is 11.1 Å². The number of anilines is 1. The van der Waals surface area contributed by atoms with Crippen LogP contribution in [0, 0.1) is 16.7 Å². The lowest BCUT2D eigenvalue weighted by molar-refractivity contribution is 0.186. The maximum atomic E-state index is 9.98. The molecule has 4 aromatic rings. The fraction of sp³-hybridized carbons (Fsp3) is 0.385. The molecule has 7 rings (SSSR count). The number of nitrogens with one attached hydrogen (secondary N) is 1. The second kappa shape index (κ2) is 8.65. The van der Waals surface area contributed by atoms with Crippen LogP contribution in [0.15, 0.2) is 40.5 Å². The van der Waals surface area contributed by atoms with Crippen LogP contribution < -0.4 is 10.6 Å². The van der Waals surface area contributed by atoms with Gasteiger partial charge in [-0.05, 0) is 55.2 Å². The Hall–Kier alpha value is -3.26. The zero-order valence-electron chi connectivity index (χ0n) is 20.0. The molecule has 4 aromatic heterocycles. The highest BCUT2D eigenvalue weighted by molar-refractivity contribution is 7.99. The largest absolute Gasteiger partial charge is 0.341 e. The molecule has 1 aliphatic heterocycles. The third-order valence-corrected chi connectivity index (χ3v) is 9.57. The molecule has 0 radical (unpaired) electrons. The number of aromatic amines is 1. The highest BCUT2D eigenvalue weighted by Crippen LogP contribution is 2.50. The monoisotopic (exact) mass is 529 g/mol. The summed E-state index contributed by atoms with van der Waals surface area (Å²) < 4.78 is 0. The summed E-state index contributed by atoms with van der Waals surface area (Å²) in [5.74, 6) is 0.983.